The van der Waals surface area contributed by atoms with Crippen molar-refractivity contribution in [2.24, 2.45) is 10.8 Å². The summed E-state index contributed by atoms with van der Waals surface area (Å²) in [7, 11) is 0. The van der Waals surface area contributed by atoms with Gasteiger partial charge in [0.1, 0.15) is 11.2 Å². The first-order valence-corrected chi connectivity index (χ1v) is 7.14. The molecule has 1 unspecified atom stereocenters. The van der Waals surface area contributed by atoms with Crippen molar-refractivity contribution in [3.05, 3.63) is 30.3 Å². The molecule has 1 fully saturated rings. The number of carbonyl (C=O) groups excluding carboxylic acids is 2. The van der Waals surface area contributed by atoms with Crippen LogP contribution in [0.2, 0.25) is 0 Å². The molecule has 1 saturated heterocycles. The largest absolute Gasteiger partial charge is 0.312 e. The van der Waals surface area contributed by atoms with E-state index in [9.17, 15) is 9.59 Å². The van der Waals surface area contributed by atoms with Crippen LogP contribution in [0.1, 0.15) is 40.5 Å². The molecule has 0 aromatic heterocycles. The SMILES string of the molecule is CC(C)(C)CC(=O)C1(C)CCN(c2ccccc2)C1=O. The zero-order chi connectivity index (χ0) is 15.0. The van der Waals surface area contributed by atoms with Gasteiger partial charge in [0.2, 0.25) is 5.91 Å². The average Bonchev–Trinajstić information content (AvgIpc) is 2.67. The van der Waals surface area contributed by atoms with Gasteiger partial charge in [0.05, 0.1) is 0 Å². The maximum absolute atomic E-state index is 12.7. The fraction of sp³-hybridized carbons (Fsp3) is 0.529. The Kier molecular flexibility index (Phi) is 3.72. The number of hydrogen-bond donors (Lipinski definition) is 0. The van der Waals surface area contributed by atoms with Gasteiger partial charge in [0, 0.05) is 18.7 Å². The summed E-state index contributed by atoms with van der Waals surface area (Å²) in [6, 6.07) is 9.58. The minimum Gasteiger partial charge on any atom is -0.312 e. The predicted octanol–water partition coefficient (Wildman–Crippen LogP) is 3.43. The molecule has 0 radical (unpaired) electrons. The number of Topliss-reactive ketones (excluding diaryl/α,β-unsaturated/α-hetero) is 1. The smallest absolute Gasteiger partial charge is 0.240 e. The summed E-state index contributed by atoms with van der Waals surface area (Å²) >= 11 is 0. The Bertz CT molecular complexity index is 516. The minimum absolute atomic E-state index is 0.0575. The fourth-order valence-corrected chi connectivity index (χ4v) is 2.63. The first-order valence-electron chi connectivity index (χ1n) is 7.14. The third-order valence-electron chi connectivity index (χ3n) is 3.93. The molecular formula is C17H23NO2. The highest BCUT2D eigenvalue weighted by Gasteiger charge is 2.49. The van der Waals surface area contributed by atoms with Crippen molar-refractivity contribution in [1.29, 1.82) is 0 Å². The van der Waals surface area contributed by atoms with Crippen LogP contribution >= 0.6 is 0 Å². The van der Waals surface area contributed by atoms with Crippen molar-refractivity contribution in [1.82, 2.24) is 0 Å². The molecule has 1 aromatic rings. The van der Waals surface area contributed by atoms with Crippen LogP contribution < -0.4 is 4.90 Å². The van der Waals surface area contributed by atoms with Crippen LogP contribution in [0.15, 0.2) is 30.3 Å². The quantitative estimate of drug-likeness (QED) is 0.791. The Morgan fingerprint density at radius 3 is 2.40 bits per heavy atom. The molecule has 0 saturated carbocycles. The molecule has 1 aromatic carbocycles. The summed E-state index contributed by atoms with van der Waals surface area (Å²) in [5.74, 6) is 0.00591. The lowest BCUT2D eigenvalue weighted by Gasteiger charge is -2.26. The molecule has 3 heteroatoms. The highest BCUT2D eigenvalue weighted by atomic mass is 16.2. The molecule has 20 heavy (non-hydrogen) atoms. The Morgan fingerprint density at radius 2 is 1.85 bits per heavy atom. The molecule has 1 atom stereocenters. The molecule has 0 bridgehead atoms. The molecule has 0 spiro atoms. The summed E-state index contributed by atoms with van der Waals surface area (Å²) < 4.78 is 0. The molecule has 108 valence electrons. The van der Waals surface area contributed by atoms with Crippen molar-refractivity contribution in [3.63, 3.8) is 0 Å². The van der Waals surface area contributed by atoms with E-state index in [0.717, 1.165) is 5.69 Å². The number of amides is 1. The van der Waals surface area contributed by atoms with Crippen LogP contribution in [0.4, 0.5) is 5.69 Å². The van der Waals surface area contributed by atoms with E-state index >= 15 is 0 Å². The van der Waals surface area contributed by atoms with Gasteiger partial charge in [-0.25, -0.2) is 0 Å². The van der Waals surface area contributed by atoms with E-state index in [-0.39, 0.29) is 17.1 Å². The average molecular weight is 273 g/mol. The molecule has 1 aliphatic rings. The highest BCUT2D eigenvalue weighted by Crippen LogP contribution is 2.38. The lowest BCUT2D eigenvalue weighted by atomic mass is 9.76. The van der Waals surface area contributed by atoms with Gasteiger partial charge < -0.3 is 4.90 Å². The Balaban J connectivity index is 2.20. The lowest BCUT2D eigenvalue weighted by Crippen LogP contribution is -2.39. The molecule has 1 amide bonds. The number of hydrogen-bond acceptors (Lipinski definition) is 2. The first kappa shape index (κ1) is 14.8. The second-order valence-electron chi connectivity index (χ2n) is 7.04. The minimum atomic E-state index is -0.858. The standard InChI is InChI=1S/C17H23NO2/c1-16(2,3)12-14(19)17(4)10-11-18(15(17)20)13-8-6-5-7-9-13/h5-9H,10-12H2,1-4H3. The zero-order valence-corrected chi connectivity index (χ0v) is 12.8. The topological polar surface area (TPSA) is 37.4 Å². The second kappa shape index (κ2) is 5.04. The van der Waals surface area contributed by atoms with Crippen molar-refractivity contribution < 1.29 is 9.59 Å². The molecule has 1 aliphatic heterocycles. The van der Waals surface area contributed by atoms with E-state index in [1.807, 2.05) is 51.1 Å². The van der Waals surface area contributed by atoms with Gasteiger partial charge in [-0.15, -0.1) is 0 Å². The first-order chi connectivity index (χ1) is 9.24. The zero-order valence-electron chi connectivity index (χ0n) is 12.8. The monoisotopic (exact) mass is 273 g/mol. The third kappa shape index (κ3) is 2.77. The number of benzene rings is 1. The number of rotatable bonds is 3. The van der Waals surface area contributed by atoms with Gasteiger partial charge in [-0.1, -0.05) is 39.0 Å². The van der Waals surface area contributed by atoms with Gasteiger partial charge in [-0.05, 0) is 30.9 Å². The van der Waals surface area contributed by atoms with Crippen molar-refractivity contribution in [2.45, 2.75) is 40.5 Å². The van der Waals surface area contributed by atoms with Crippen LogP contribution in [0, 0.1) is 10.8 Å². The lowest BCUT2D eigenvalue weighted by molar-refractivity contribution is -0.138. The summed E-state index contributed by atoms with van der Waals surface area (Å²) in [5.41, 5.74) is -0.0614. The number of carbonyl (C=O) groups is 2. The van der Waals surface area contributed by atoms with Gasteiger partial charge >= 0.3 is 0 Å². The van der Waals surface area contributed by atoms with E-state index in [2.05, 4.69) is 0 Å². The van der Waals surface area contributed by atoms with E-state index in [1.165, 1.54) is 0 Å². The highest BCUT2D eigenvalue weighted by molar-refractivity contribution is 6.14. The van der Waals surface area contributed by atoms with E-state index in [0.29, 0.717) is 19.4 Å². The van der Waals surface area contributed by atoms with Crippen LogP contribution in [0.25, 0.3) is 0 Å². The number of nitrogens with zero attached hydrogens (tertiary/aromatic N) is 1. The Hall–Kier alpha value is -1.64. The summed E-state index contributed by atoms with van der Waals surface area (Å²) in [6.45, 7) is 8.51. The van der Waals surface area contributed by atoms with Gasteiger partial charge in [-0.2, -0.15) is 0 Å². The molecular weight excluding hydrogens is 250 g/mol. The maximum atomic E-state index is 12.7. The molecule has 0 aliphatic carbocycles. The molecule has 3 nitrogen and oxygen atoms in total. The van der Waals surface area contributed by atoms with Crippen LogP contribution in [-0.4, -0.2) is 18.2 Å². The van der Waals surface area contributed by atoms with Crippen LogP contribution in [-0.2, 0) is 9.59 Å². The van der Waals surface area contributed by atoms with Gasteiger partial charge in [0.25, 0.3) is 0 Å². The summed E-state index contributed by atoms with van der Waals surface area (Å²) in [6.07, 6.45) is 1.05. The van der Waals surface area contributed by atoms with Crippen LogP contribution in [0.5, 0.6) is 0 Å². The Labute approximate surface area is 121 Å². The Morgan fingerprint density at radius 1 is 1.25 bits per heavy atom. The second-order valence-corrected chi connectivity index (χ2v) is 7.04. The fourth-order valence-electron chi connectivity index (χ4n) is 2.63. The predicted molar refractivity (Wildman–Crippen MR) is 80.6 cm³/mol. The van der Waals surface area contributed by atoms with Crippen molar-refractivity contribution in [2.75, 3.05) is 11.4 Å². The number of para-hydroxylation sites is 1. The van der Waals surface area contributed by atoms with Crippen molar-refractivity contribution >= 4 is 17.4 Å². The van der Waals surface area contributed by atoms with Gasteiger partial charge in [-0.3, -0.25) is 9.59 Å². The third-order valence-corrected chi connectivity index (χ3v) is 3.93. The van der Waals surface area contributed by atoms with E-state index in [1.54, 1.807) is 11.8 Å². The van der Waals surface area contributed by atoms with E-state index in [4.69, 9.17) is 0 Å². The molecule has 1 heterocycles. The number of anilines is 1. The molecule has 0 N–H and O–H groups in total. The number of ketones is 1. The normalized spacial score (nSPS) is 23.2. The maximum Gasteiger partial charge on any atom is 0.240 e. The van der Waals surface area contributed by atoms with E-state index < -0.39 is 5.41 Å². The van der Waals surface area contributed by atoms with Crippen molar-refractivity contribution in [3.8, 4) is 0 Å². The van der Waals surface area contributed by atoms with Gasteiger partial charge in [0.15, 0.2) is 0 Å². The summed E-state index contributed by atoms with van der Waals surface area (Å²) in [4.78, 5) is 26.9. The molecule has 2 rings (SSSR count). The van der Waals surface area contributed by atoms with Crippen LogP contribution in [0.3, 0.4) is 0 Å². The summed E-state index contributed by atoms with van der Waals surface area (Å²) in [5, 5.41) is 0.